The molecule has 0 amide bonds. The SMILES string of the molecule is COC(=O)c1cc(Cn2ccnc2C(C)C)ccc1C#N. The van der Waals surface area contributed by atoms with Gasteiger partial charge >= 0.3 is 5.97 Å². The fraction of sp³-hybridized carbons (Fsp3) is 0.312. The Labute approximate surface area is 123 Å². The third kappa shape index (κ3) is 3.11. The van der Waals surface area contributed by atoms with E-state index in [1.54, 1.807) is 18.3 Å². The summed E-state index contributed by atoms with van der Waals surface area (Å²) in [5.41, 5.74) is 1.54. The van der Waals surface area contributed by atoms with Gasteiger partial charge < -0.3 is 9.30 Å². The molecule has 1 heterocycles. The maximum atomic E-state index is 11.7. The lowest BCUT2D eigenvalue weighted by Crippen LogP contribution is -2.09. The Morgan fingerprint density at radius 3 is 2.86 bits per heavy atom. The molecule has 5 nitrogen and oxygen atoms in total. The van der Waals surface area contributed by atoms with Crippen molar-refractivity contribution in [3.8, 4) is 6.07 Å². The summed E-state index contributed by atoms with van der Waals surface area (Å²) in [7, 11) is 1.31. The van der Waals surface area contributed by atoms with Crippen molar-refractivity contribution < 1.29 is 9.53 Å². The highest BCUT2D eigenvalue weighted by atomic mass is 16.5. The first-order chi connectivity index (χ1) is 10.1. The standard InChI is InChI=1S/C16H17N3O2/c1-11(2)15-18-6-7-19(15)10-12-4-5-13(9-17)14(8-12)16(20)21-3/h4-8,11H,10H2,1-3H3. The molecule has 1 aromatic heterocycles. The zero-order chi connectivity index (χ0) is 15.4. The first kappa shape index (κ1) is 14.8. The normalized spacial score (nSPS) is 10.4. The second-order valence-electron chi connectivity index (χ2n) is 5.05. The van der Waals surface area contributed by atoms with Crippen LogP contribution in [-0.2, 0) is 11.3 Å². The van der Waals surface area contributed by atoms with Crippen LogP contribution in [0.15, 0.2) is 30.6 Å². The molecule has 108 valence electrons. The minimum Gasteiger partial charge on any atom is -0.465 e. The number of hydrogen-bond donors (Lipinski definition) is 0. The highest BCUT2D eigenvalue weighted by Crippen LogP contribution is 2.17. The van der Waals surface area contributed by atoms with Gasteiger partial charge in [0.15, 0.2) is 0 Å². The van der Waals surface area contributed by atoms with Gasteiger partial charge in [0.05, 0.1) is 18.2 Å². The summed E-state index contributed by atoms with van der Waals surface area (Å²) in [5, 5.41) is 9.05. The van der Waals surface area contributed by atoms with E-state index in [-0.39, 0.29) is 0 Å². The Morgan fingerprint density at radius 2 is 2.24 bits per heavy atom. The molecule has 2 rings (SSSR count). The molecule has 0 saturated heterocycles. The summed E-state index contributed by atoms with van der Waals surface area (Å²) in [6.07, 6.45) is 3.67. The number of methoxy groups -OCH3 is 1. The number of nitrogens with zero attached hydrogens (tertiary/aromatic N) is 3. The van der Waals surface area contributed by atoms with Crippen LogP contribution in [-0.4, -0.2) is 22.6 Å². The van der Waals surface area contributed by atoms with Crippen LogP contribution in [0.5, 0.6) is 0 Å². The van der Waals surface area contributed by atoms with Gasteiger partial charge in [-0.2, -0.15) is 5.26 Å². The monoisotopic (exact) mass is 283 g/mol. The molecule has 0 saturated carbocycles. The Morgan fingerprint density at radius 1 is 1.48 bits per heavy atom. The molecule has 0 spiro atoms. The van der Waals surface area contributed by atoms with Crippen LogP contribution >= 0.6 is 0 Å². The third-order valence-electron chi connectivity index (χ3n) is 3.23. The number of hydrogen-bond acceptors (Lipinski definition) is 4. The number of imidazole rings is 1. The summed E-state index contributed by atoms with van der Waals surface area (Å²) < 4.78 is 6.76. The number of ether oxygens (including phenoxy) is 1. The summed E-state index contributed by atoms with van der Waals surface area (Å²) >= 11 is 0. The second-order valence-corrected chi connectivity index (χ2v) is 5.05. The Balaban J connectivity index is 2.35. The van der Waals surface area contributed by atoms with Crippen LogP contribution in [0, 0.1) is 11.3 Å². The average Bonchev–Trinajstić information content (AvgIpc) is 2.94. The predicted molar refractivity (Wildman–Crippen MR) is 77.9 cm³/mol. The minimum atomic E-state index is -0.497. The van der Waals surface area contributed by atoms with Gasteiger partial charge in [-0.15, -0.1) is 0 Å². The smallest absolute Gasteiger partial charge is 0.339 e. The van der Waals surface area contributed by atoms with E-state index < -0.39 is 5.97 Å². The minimum absolute atomic E-state index is 0.295. The summed E-state index contributed by atoms with van der Waals surface area (Å²) in [4.78, 5) is 16.1. The predicted octanol–water partition coefficient (Wildman–Crippen LogP) is 2.71. The van der Waals surface area contributed by atoms with E-state index in [1.165, 1.54) is 7.11 Å². The Hall–Kier alpha value is -2.61. The lowest BCUT2D eigenvalue weighted by atomic mass is 10.0. The zero-order valence-corrected chi connectivity index (χ0v) is 12.3. The topological polar surface area (TPSA) is 67.9 Å². The highest BCUT2D eigenvalue weighted by Gasteiger charge is 2.14. The molecule has 0 unspecified atom stereocenters. The zero-order valence-electron chi connectivity index (χ0n) is 12.3. The molecule has 21 heavy (non-hydrogen) atoms. The number of carbonyl (C=O) groups is 1. The lowest BCUT2D eigenvalue weighted by Gasteiger charge is -2.11. The molecule has 0 bridgehead atoms. The molecule has 0 N–H and O–H groups in total. The fourth-order valence-corrected chi connectivity index (χ4v) is 2.22. The van der Waals surface area contributed by atoms with Gasteiger partial charge in [-0.3, -0.25) is 0 Å². The van der Waals surface area contributed by atoms with Gasteiger partial charge in [0, 0.05) is 24.9 Å². The van der Waals surface area contributed by atoms with E-state index in [0.717, 1.165) is 11.4 Å². The average molecular weight is 283 g/mol. The van der Waals surface area contributed by atoms with Crippen molar-refractivity contribution in [2.24, 2.45) is 0 Å². The maximum Gasteiger partial charge on any atom is 0.339 e. The third-order valence-corrected chi connectivity index (χ3v) is 3.23. The molecule has 5 heteroatoms. The maximum absolute atomic E-state index is 11.7. The molecule has 0 aliphatic rings. The number of carbonyl (C=O) groups excluding carboxylic acids is 1. The van der Waals surface area contributed by atoms with E-state index in [4.69, 9.17) is 10.00 Å². The van der Waals surface area contributed by atoms with Crippen molar-refractivity contribution in [3.05, 3.63) is 53.1 Å². The number of aromatic nitrogens is 2. The molecule has 0 radical (unpaired) electrons. The molecule has 0 fully saturated rings. The van der Waals surface area contributed by atoms with Crippen LogP contribution in [0.3, 0.4) is 0 Å². The number of benzene rings is 1. The van der Waals surface area contributed by atoms with Crippen LogP contribution in [0.4, 0.5) is 0 Å². The van der Waals surface area contributed by atoms with Gasteiger partial charge in [0.2, 0.25) is 0 Å². The van der Waals surface area contributed by atoms with Crippen molar-refractivity contribution in [1.82, 2.24) is 9.55 Å². The fourth-order valence-electron chi connectivity index (χ4n) is 2.22. The lowest BCUT2D eigenvalue weighted by molar-refractivity contribution is 0.0600. The van der Waals surface area contributed by atoms with E-state index in [1.807, 2.05) is 22.9 Å². The van der Waals surface area contributed by atoms with Crippen molar-refractivity contribution in [2.75, 3.05) is 7.11 Å². The first-order valence-corrected chi connectivity index (χ1v) is 6.69. The van der Waals surface area contributed by atoms with E-state index in [9.17, 15) is 4.79 Å². The molecule has 0 aliphatic carbocycles. The van der Waals surface area contributed by atoms with Crippen LogP contribution in [0.25, 0.3) is 0 Å². The quantitative estimate of drug-likeness (QED) is 0.809. The molecule has 1 aromatic carbocycles. The van der Waals surface area contributed by atoms with Crippen LogP contribution in [0.1, 0.15) is 47.1 Å². The summed E-state index contributed by atoms with van der Waals surface area (Å²) in [6.45, 7) is 4.76. The largest absolute Gasteiger partial charge is 0.465 e. The molecule has 2 aromatic rings. The van der Waals surface area contributed by atoms with Crippen molar-refractivity contribution in [1.29, 1.82) is 5.26 Å². The van der Waals surface area contributed by atoms with Gasteiger partial charge in [-0.25, -0.2) is 9.78 Å². The van der Waals surface area contributed by atoms with Crippen molar-refractivity contribution in [2.45, 2.75) is 26.3 Å². The second kappa shape index (κ2) is 6.23. The van der Waals surface area contributed by atoms with Gasteiger partial charge in [0.25, 0.3) is 0 Å². The van der Waals surface area contributed by atoms with Gasteiger partial charge in [0.1, 0.15) is 11.9 Å². The molecule has 0 aliphatic heterocycles. The van der Waals surface area contributed by atoms with Crippen molar-refractivity contribution in [3.63, 3.8) is 0 Å². The highest BCUT2D eigenvalue weighted by molar-refractivity contribution is 5.92. The Bertz CT molecular complexity index is 696. The van der Waals surface area contributed by atoms with Crippen molar-refractivity contribution >= 4 is 5.97 Å². The summed E-state index contributed by atoms with van der Waals surface area (Å²) in [6, 6.07) is 7.20. The molecular formula is C16H17N3O2. The van der Waals surface area contributed by atoms with Crippen LogP contribution < -0.4 is 0 Å². The summed E-state index contributed by atoms with van der Waals surface area (Å²) in [5.74, 6) is 0.806. The molecule has 0 atom stereocenters. The van der Waals surface area contributed by atoms with Gasteiger partial charge in [-0.1, -0.05) is 19.9 Å². The van der Waals surface area contributed by atoms with Crippen LogP contribution in [0.2, 0.25) is 0 Å². The van der Waals surface area contributed by atoms with Gasteiger partial charge in [-0.05, 0) is 17.7 Å². The number of esters is 1. The Kier molecular flexibility index (Phi) is 4.39. The number of rotatable bonds is 4. The number of nitriles is 1. The van der Waals surface area contributed by atoms with E-state index in [2.05, 4.69) is 18.8 Å². The molecular weight excluding hydrogens is 266 g/mol. The van der Waals surface area contributed by atoms with E-state index >= 15 is 0 Å². The first-order valence-electron chi connectivity index (χ1n) is 6.69. The van der Waals surface area contributed by atoms with E-state index in [0.29, 0.717) is 23.6 Å².